The molecule has 2 rings (SSSR count). The zero-order valence-electron chi connectivity index (χ0n) is 18.0. The lowest BCUT2D eigenvalue weighted by atomic mass is 9.93. The lowest BCUT2D eigenvalue weighted by molar-refractivity contribution is 0.186. The first-order valence-electron chi connectivity index (χ1n) is 10.2. The van der Waals surface area contributed by atoms with E-state index in [0.717, 1.165) is 29.9 Å². The summed E-state index contributed by atoms with van der Waals surface area (Å²) < 4.78 is 27.7. The molecule has 1 fully saturated rings. The molecular formula is C21H35N3O3S. The summed E-state index contributed by atoms with van der Waals surface area (Å²) in [5.74, 6) is 0.428. The van der Waals surface area contributed by atoms with Gasteiger partial charge in [0.2, 0.25) is 10.0 Å². The van der Waals surface area contributed by atoms with Gasteiger partial charge in [0.1, 0.15) is 0 Å². The van der Waals surface area contributed by atoms with Crippen LogP contribution < -0.4 is 10.0 Å². The van der Waals surface area contributed by atoms with Gasteiger partial charge in [0.15, 0.2) is 0 Å². The second kappa shape index (κ2) is 9.27. The number of amides is 2. The third kappa shape index (κ3) is 5.47. The van der Waals surface area contributed by atoms with Crippen LogP contribution in [0.2, 0.25) is 0 Å². The van der Waals surface area contributed by atoms with E-state index in [4.69, 9.17) is 0 Å². The van der Waals surface area contributed by atoms with Gasteiger partial charge in [-0.25, -0.2) is 17.9 Å². The lowest BCUT2D eigenvalue weighted by Gasteiger charge is -2.34. The van der Waals surface area contributed by atoms with Crippen LogP contribution in [-0.2, 0) is 10.0 Å². The Morgan fingerprint density at radius 2 is 1.50 bits per heavy atom. The number of sulfonamides is 1. The van der Waals surface area contributed by atoms with Gasteiger partial charge in [-0.1, -0.05) is 45.9 Å². The topological polar surface area (TPSA) is 78.5 Å². The molecule has 2 amide bonds. The van der Waals surface area contributed by atoms with Crippen molar-refractivity contribution in [3.8, 4) is 0 Å². The molecular weight excluding hydrogens is 374 g/mol. The Hall–Kier alpha value is -1.60. The Morgan fingerprint density at radius 1 is 1.00 bits per heavy atom. The van der Waals surface area contributed by atoms with E-state index >= 15 is 0 Å². The molecule has 0 aromatic heterocycles. The summed E-state index contributed by atoms with van der Waals surface area (Å²) >= 11 is 0. The number of nitrogens with zero attached hydrogens (tertiary/aromatic N) is 1. The maximum atomic E-state index is 12.7. The van der Waals surface area contributed by atoms with E-state index < -0.39 is 21.3 Å². The van der Waals surface area contributed by atoms with Crippen molar-refractivity contribution in [2.24, 2.45) is 0 Å². The van der Waals surface area contributed by atoms with Gasteiger partial charge in [0, 0.05) is 11.7 Å². The highest BCUT2D eigenvalue weighted by Crippen LogP contribution is 2.32. The van der Waals surface area contributed by atoms with Crippen LogP contribution in [0.1, 0.15) is 77.3 Å². The van der Waals surface area contributed by atoms with Crippen LogP contribution in [0.15, 0.2) is 18.2 Å². The number of piperidine rings is 1. The first-order chi connectivity index (χ1) is 13.0. The Bertz CT molecular complexity index is 754. The van der Waals surface area contributed by atoms with E-state index in [1.807, 2.05) is 18.2 Å². The fourth-order valence-electron chi connectivity index (χ4n) is 3.75. The van der Waals surface area contributed by atoms with Gasteiger partial charge in [-0.2, -0.15) is 0 Å². The lowest BCUT2D eigenvalue weighted by Crippen LogP contribution is -2.47. The van der Waals surface area contributed by atoms with Crippen molar-refractivity contribution >= 4 is 21.7 Å². The molecule has 0 atom stereocenters. The van der Waals surface area contributed by atoms with Gasteiger partial charge in [0.05, 0.1) is 5.25 Å². The molecule has 158 valence electrons. The molecule has 28 heavy (non-hydrogen) atoms. The van der Waals surface area contributed by atoms with Crippen LogP contribution in [0.5, 0.6) is 0 Å². The number of nitrogens with one attached hydrogen (secondary N) is 2. The van der Waals surface area contributed by atoms with Crippen molar-refractivity contribution in [3.05, 3.63) is 29.3 Å². The second-order valence-corrected chi connectivity index (χ2v) is 10.5. The zero-order chi connectivity index (χ0) is 21.1. The predicted octanol–water partition coefficient (Wildman–Crippen LogP) is 4.26. The van der Waals surface area contributed by atoms with Gasteiger partial charge in [-0.3, -0.25) is 0 Å². The highest BCUT2D eigenvalue weighted by molar-refractivity contribution is 7.90. The Balaban J connectivity index is 2.12. The molecule has 0 saturated carbocycles. The Labute approximate surface area is 170 Å². The first kappa shape index (κ1) is 22.7. The van der Waals surface area contributed by atoms with Crippen LogP contribution in [0.25, 0.3) is 0 Å². The molecule has 0 bridgehead atoms. The van der Waals surface area contributed by atoms with Gasteiger partial charge in [-0.05, 0) is 62.7 Å². The molecule has 1 aromatic carbocycles. The Kier molecular flexibility index (Phi) is 7.51. The van der Waals surface area contributed by atoms with E-state index in [-0.39, 0.29) is 11.8 Å². The summed E-state index contributed by atoms with van der Waals surface area (Å²) in [6, 6.07) is 5.65. The second-order valence-electron chi connectivity index (χ2n) is 8.55. The van der Waals surface area contributed by atoms with Crippen LogP contribution in [0.3, 0.4) is 0 Å². The van der Waals surface area contributed by atoms with Crippen molar-refractivity contribution in [1.82, 2.24) is 9.62 Å². The number of urea groups is 1. The van der Waals surface area contributed by atoms with Crippen LogP contribution in [0.4, 0.5) is 10.5 Å². The number of carbonyl (C=O) groups is 1. The maximum absolute atomic E-state index is 12.7. The van der Waals surface area contributed by atoms with Gasteiger partial charge in [-0.15, -0.1) is 0 Å². The number of likely N-dealkylation sites (tertiary alicyclic amines) is 1. The molecule has 0 spiro atoms. The SMILES string of the molecule is CC(C)c1cccc(C(C)C)c1NC(=O)NS(=O)(=O)C1CCN(C(C)C)CC1. The summed E-state index contributed by atoms with van der Waals surface area (Å²) in [6.07, 6.45) is 1.08. The molecule has 1 heterocycles. The molecule has 6 nitrogen and oxygen atoms in total. The molecule has 0 aliphatic carbocycles. The number of rotatable bonds is 6. The number of hydrogen-bond donors (Lipinski definition) is 2. The zero-order valence-corrected chi connectivity index (χ0v) is 18.8. The summed E-state index contributed by atoms with van der Waals surface area (Å²) in [5, 5.41) is 2.29. The molecule has 2 N–H and O–H groups in total. The summed E-state index contributed by atoms with van der Waals surface area (Å²) in [7, 11) is -3.71. The van der Waals surface area contributed by atoms with Crippen molar-refractivity contribution < 1.29 is 13.2 Å². The normalized spacial score (nSPS) is 16.8. The fourth-order valence-corrected chi connectivity index (χ4v) is 5.06. The fraction of sp³-hybridized carbons (Fsp3) is 0.667. The van der Waals surface area contributed by atoms with E-state index in [1.54, 1.807) is 0 Å². The summed E-state index contributed by atoms with van der Waals surface area (Å²) in [6.45, 7) is 13.9. The number of hydrogen-bond acceptors (Lipinski definition) is 4. The molecule has 1 aromatic rings. The van der Waals surface area contributed by atoms with E-state index in [9.17, 15) is 13.2 Å². The molecule has 7 heteroatoms. The maximum Gasteiger partial charge on any atom is 0.332 e. The molecule has 1 saturated heterocycles. The minimum Gasteiger partial charge on any atom is -0.307 e. The highest BCUT2D eigenvalue weighted by atomic mass is 32.2. The van der Waals surface area contributed by atoms with Crippen molar-refractivity contribution in [3.63, 3.8) is 0 Å². The minimum absolute atomic E-state index is 0.214. The van der Waals surface area contributed by atoms with Gasteiger partial charge in [0.25, 0.3) is 0 Å². The molecule has 1 aliphatic rings. The smallest absolute Gasteiger partial charge is 0.307 e. The van der Waals surface area contributed by atoms with Crippen molar-refractivity contribution in [1.29, 1.82) is 0 Å². The Morgan fingerprint density at radius 3 is 1.93 bits per heavy atom. The number of benzene rings is 1. The summed E-state index contributed by atoms with van der Waals surface area (Å²) in [5.41, 5.74) is 2.72. The average Bonchev–Trinajstić information content (AvgIpc) is 2.61. The third-order valence-corrected chi connectivity index (χ3v) is 7.31. The van der Waals surface area contributed by atoms with Crippen LogP contribution >= 0.6 is 0 Å². The van der Waals surface area contributed by atoms with E-state index in [2.05, 4.69) is 56.5 Å². The molecule has 0 radical (unpaired) electrons. The molecule has 0 unspecified atom stereocenters. The van der Waals surface area contributed by atoms with Gasteiger partial charge < -0.3 is 10.2 Å². The monoisotopic (exact) mass is 409 g/mol. The van der Waals surface area contributed by atoms with Gasteiger partial charge >= 0.3 is 6.03 Å². The van der Waals surface area contributed by atoms with Crippen molar-refractivity contribution in [2.45, 2.75) is 77.5 Å². The highest BCUT2D eigenvalue weighted by Gasteiger charge is 2.32. The number of para-hydroxylation sites is 1. The minimum atomic E-state index is -3.71. The van der Waals surface area contributed by atoms with Crippen LogP contribution in [-0.4, -0.2) is 43.7 Å². The predicted molar refractivity (Wildman–Crippen MR) is 115 cm³/mol. The average molecular weight is 410 g/mol. The quantitative estimate of drug-likeness (QED) is 0.736. The van der Waals surface area contributed by atoms with E-state index in [1.165, 1.54) is 0 Å². The summed E-state index contributed by atoms with van der Waals surface area (Å²) in [4.78, 5) is 14.8. The number of anilines is 1. The standard InChI is InChI=1S/C21H35N3O3S/c1-14(2)18-8-7-9-19(15(3)4)20(18)22-21(25)23-28(26,27)17-10-12-24(13-11-17)16(5)6/h7-9,14-17H,10-13H2,1-6H3,(H2,22,23,25). The van der Waals surface area contributed by atoms with E-state index in [0.29, 0.717) is 18.9 Å². The van der Waals surface area contributed by atoms with Crippen molar-refractivity contribution in [2.75, 3.05) is 18.4 Å². The molecule has 1 aliphatic heterocycles. The number of carbonyl (C=O) groups excluding carboxylic acids is 1. The van der Waals surface area contributed by atoms with Crippen LogP contribution in [0, 0.1) is 0 Å². The largest absolute Gasteiger partial charge is 0.332 e. The third-order valence-electron chi connectivity index (χ3n) is 5.49. The first-order valence-corrected chi connectivity index (χ1v) is 11.8.